The van der Waals surface area contributed by atoms with Gasteiger partial charge >= 0.3 is 12.2 Å². The second-order valence-corrected chi connectivity index (χ2v) is 10.4. The van der Waals surface area contributed by atoms with Crippen molar-refractivity contribution >= 4 is 33.6 Å². The molecule has 4 aromatic rings. The van der Waals surface area contributed by atoms with E-state index in [4.69, 9.17) is 19.2 Å². The van der Waals surface area contributed by atoms with Crippen LogP contribution in [-0.4, -0.2) is 76.2 Å². The van der Waals surface area contributed by atoms with Crippen LogP contribution in [0.4, 0.5) is 15.0 Å². The van der Waals surface area contributed by atoms with Crippen LogP contribution in [0.5, 0.6) is 11.6 Å². The van der Waals surface area contributed by atoms with Gasteiger partial charge in [0.25, 0.3) is 0 Å². The number of anilines is 1. The van der Waals surface area contributed by atoms with Crippen molar-refractivity contribution in [3.8, 4) is 22.9 Å². The van der Waals surface area contributed by atoms with E-state index in [0.717, 1.165) is 34.7 Å². The van der Waals surface area contributed by atoms with Crippen molar-refractivity contribution in [3.63, 3.8) is 0 Å². The third-order valence-corrected chi connectivity index (χ3v) is 8.32. The van der Waals surface area contributed by atoms with Crippen molar-refractivity contribution in [1.82, 2.24) is 19.9 Å². The molecule has 2 fully saturated rings. The number of methoxy groups -OCH3 is 1. The number of carboxylic acid groups (broad SMARTS) is 1. The predicted molar refractivity (Wildman–Crippen MR) is 145 cm³/mol. The third kappa shape index (κ3) is 3.79. The van der Waals surface area contributed by atoms with Gasteiger partial charge in [0.1, 0.15) is 23.6 Å². The van der Waals surface area contributed by atoms with Crippen LogP contribution in [0.2, 0.25) is 0 Å². The maximum atomic E-state index is 15.0. The SMILES string of the molecule is CCc1cccc2cc(OCOC)cc(-c3cc4nc(F)nc5c4c(n3)OCC3C4CCC(CN53)N4C(=O)O)c12. The lowest BCUT2D eigenvalue weighted by Gasteiger charge is -2.45. The number of ether oxygens (including phenoxy) is 3. The van der Waals surface area contributed by atoms with Gasteiger partial charge in [-0.25, -0.2) is 14.8 Å². The van der Waals surface area contributed by atoms with Crippen molar-refractivity contribution in [3.05, 3.63) is 48.0 Å². The summed E-state index contributed by atoms with van der Waals surface area (Å²) in [5, 5.41) is 12.4. The van der Waals surface area contributed by atoms with Gasteiger partial charge in [-0.15, -0.1) is 0 Å². The van der Waals surface area contributed by atoms with E-state index in [2.05, 4.69) is 23.0 Å². The summed E-state index contributed by atoms with van der Waals surface area (Å²) in [4.78, 5) is 28.9. The van der Waals surface area contributed by atoms with Crippen LogP contribution in [0, 0.1) is 6.08 Å². The third-order valence-electron chi connectivity index (χ3n) is 8.32. The molecule has 3 unspecified atom stereocenters. The Bertz CT molecular complexity index is 1670. The molecule has 7 rings (SSSR count). The van der Waals surface area contributed by atoms with Crippen LogP contribution in [-0.2, 0) is 11.2 Å². The van der Waals surface area contributed by atoms with Gasteiger partial charge in [-0.2, -0.15) is 9.37 Å². The number of aromatic nitrogens is 3. The topological polar surface area (TPSA) is 110 Å². The van der Waals surface area contributed by atoms with Crippen LogP contribution in [0.1, 0.15) is 25.3 Å². The molecule has 3 aliphatic rings. The largest absolute Gasteiger partial charge is 0.475 e. The number of fused-ring (bicyclic) bond motifs is 6. The number of carbonyl (C=O) groups is 1. The minimum atomic E-state index is -0.942. The number of piperazine rings is 1. The first-order chi connectivity index (χ1) is 19.5. The molecule has 2 aromatic carbocycles. The molecule has 0 radical (unpaired) electrons. The van der Waals surface area contributed by atoms with Gasteiger partial charge in [-0.1, -0.05) is 25.1 Å². The Labute approximate surface area is 229 Å². The first-order valence-corrected chi connectivity index (χ1v) is 13.4. The Morgan fingerprint density at radius 3 is 2.83 bits per heavy atom. The number of hydrogen-bond donors (Lipinski definition) is 1. The van der Waals surface area contributed by atoms with Crippen molar-refractivity contribution < 1.29 is 28.5 Å². The fourth-order valence-corrected chi connectivity index (χ4v) is 6.66. The molecular formula is C29H28FN5O5. The lowest BCUT2D eigenvalue weighted by molar-refractivity contribution is 0.0512. The summed E-state index contributed by atoms with van der Waals surface area (Å²) >= 11 is 0. The van der Waals surface area contributed by atoms with Gasteiger partial charge in [0, 0.05) is 19.2 Å². The molecule has 1 N–H and O–H groups in total. The summed E-state index contributed by atoms with van der Waals surface area (Å²) in [6.07, 6.45) is 0.476. The summed E-state index contributed by atoms with van der Waals surface area (Å²) < 4.78 is 32.2. The predicted octanol–water partition coefficient (Wildman–Crippen LogP) is 4.62. The zero-order chi connectivity index (χ0) is 27.5. The fraction of sp³-hybridized carbons (Fsp3) is 0.379. The maximum absolute atomic E-state index is 15.0. The molecule has 2 saturated heterocycles. The summed E-state index contributed by atoms with van der Waals surface area (Å²) in [5.41, 5.74) is 2.88. The number of rotatable bonds is 5. The molecular weight excluding hydrogens is 517 g/mol. The Kier molecular flexibility index (Phi) is 5.85. The first kappa shape index (κ1) is 24.8. The summed E-state index contributed by atoms with van der Waals surface area (Å²) in [6, 6.07) is 11.0. The van der Waals surface area contributed by atoms with Gasteiger partial charge in [0.2, 0.25) is 5.88 Å². The van der Waals surface area contributed by atoms with Crippen molar-refractivity contribution in [2.24, 2.45) is 0 Å². The van der Waals surface area contributed by atoms with E-state index in [-0.39, 0.29) is 31.5 Å². The molecule has 0 saturated carbocycles. The summed E-state index contributed by atoms with van der Waals surface area (Å²) in [6.45, 7) is 2.79. The molecule has 2 bridgehead atoms. The standard InChI is InChI=1S/C29H28FN5O5/c1-3-15-5-4-6-16-9-18(40-14-38-2)10-19(24(15)16)20-11-21-25-26(33-28(30)32-21)34-12-17-7-8-22(35(17)29(36)37)23(34)13-39-27(25)31-20/h4-6,9-11,17,22-23H,3,7-8,12-14H2,1-2H3,(H,36,37). The van der Waals surface area contributed by atoms with E-state index < -0.39 is 12.2 Å². The number of amides is 1. The molecule has 3 aliphatic heterocycles. The Hall–Kier alpha value is -4.25. The first-order valence-electron chi connectivity index (χ1n) is 13.4. The molecule has 40 heavy (non-hydrogen) atoms. The van der Waals surface area contributed by atoms with Gasteiger partial charge in [-0.3, -0.25) is 4.90 Å². The molecule has 206 valence electrons. The highest BCUT2D eigenvalue weighted by Gasteiger charge is 2.50. The Morgan fingerprint density at radius 1 is 1.15 bits per heavy atom. The maximum Gasteiger partial charge on any atom is 0.407 e. The molecule has 0 aliphatic carbocycles. The van der Waals surface area contributed by atoms with Crippen LogP contribution in [0.3, 0.4) is 0 Å². The smallest absolute Gasteiger partial charge is 0.407 e. The second kappa shape index (κ2) is 9.44. The number of halogens is 1. The van der Waals surface area contributed by atoms with Crippen molar-refractivity contribution in [1.29, 1.82) is 0 Å². The number of nitrogens with zero attached hydrogens (tertiary/aromatic N) is 5. The zero-order valence-electron chi connectivity index (χ0n) is 22.1. The van der Waals surface area contributed by atoms with Gasteiger partial charge < -0.3 is 24.2 Å². The van der Waals surface area contributed by atoms with E-state index >= 15 is 4.39 Å². The lowest BCUT2D eigenvalue weighted by Crippen LogP contribution is -2.62. The van der Waals surface area contributed by atoms with Crippen LogP contribution < -0.4 is 14.4 Å². The van der Waals surface area contributed by atoms with Crippen LogP contribution >= 0.6 is 0 Å². The normalized spacial score (nSPS) is 21.3. The number of pyridine rings is 1. The monoisotopic (exact) mass is 545 g/mol. The van der Waals surface area contributed by atoms with E-state index in [0.29, 0.717) is 47.0 Å². The zero-order valence-corrected chi connectivity index (χ0v) is 22.1. The van der Waals surface area contributed by atoms with E-state index in [1.165, 1.54) is 4.90 Å². The molecule has 2 aromatic heterocycles. The van der Waals surface area contributed by atoms with Gasteiger partial charge in [0.05, 0.1) is 29.3 Å². The van der Waals surface area contributed by atoms with Gasteiger partial charge in [-0.05, 0) is 53.8 Å². The van der Waals surface area contributed by atoms with Crippen molar-refractivity contribution in [2.45, 2.75) is 44.3 Å². The average molecular weight is 546 g/mol. The minimum Gasteiger partial charge on any atom is -0.475 e. The van der Waals surface area contributed by atoms with Gasteiger partial charge in [0.15, 0.2) is 6.79 Å². The lowest BCUT2D eigenvalue weighted by atomic mass is 9.95. The fourth-order valence-electron chi connectivity index (χ4n) is 6.66. The number of benzene rings is 2. The molecule has 11 heteroatoms. The Balaban J connectivity index is 1.42. The molecule has 1 amide bonds. The quantitative estimate of drug-likeness (QED) is 0.284. The molecule has 10 nitrogen and oxygen atoms in total. The van der Waals surface area contributed by atoms with Crippen LogP contribution in [0.15, 0.2) is 36.4 Å². The number of hydrogen-bond acceptors (Lipinski definition) is 8. The Morgan fingerprint density at radius 2 is 2.02 bits per heavy atom. The summed E-state index contributed by atoms with van der Waals surface area (Å²) in [5.74, 6) is 1.32. The minimum absolute atomic E-state index is 0.0897. The highest BCUT2D eigenvalue weighted by atomic mass is 19.1. The summed E-state index contributed by atoms with van der Waals surface area (Å²) in [7, 11) is 1.56. The van der Waals surface area contributed by atoms with E-state index in [1.54, 1.807) is 13.2 Å². The molecule has 3 atom stereocenters. The van der Waals surface area contributed by atoms with E-state index in [1.807, 2.05) is 29.2 Å². The van der Waals surface area contributed by atoms with Crippen molar-refractivity contribution in [2.75, 3.05) is 32.0 Å². The highest BCUT2D eigenvalue weighted by Crippen LogP contribution is 2.44. The average Bonchev–Trinajstić information content (AvgIpc) is 3.19. The van der Waals surface area contributed by atoms with Crippen LogP contribution in [0.25, 0.3) is 32.9 Å². The molecule has 0 spiro atoms. The second-order valence-electron chi connectivity index (χ2n) is 10.4. The number of aryl methyl sites for hydroxylation is 1. The molecule has 5 heterocycles. The van der Waals surface area contributed by atoms with E-state index in [9.17, 15) is 9.90 Å². The highest BCUT2D eigenvalue weighted by molar-refractivity contribution is 6.02.